The summed E-state index contributed by atoms with van der Waals surface area (Å²) in [4.78, 5) is 15.6. The van der Waals surface area contributed by atoms with E-state index < -0.39 is 23.3 Å². The largest absolute Gasteiger partial charge is 0.545 e. The van der Waals surface area contributed by atoms with Gasteiger partial charge in [0.2, 0.25) is 0 Å². The van der Waals surface area contributed by atoms with E-state index in [-0.39, 0.29) is 11.1 Å². The molecule has 20 heavy (non-hydrogen) atoms. The zero-order valence-corrected chi connectivity index (χ0v) is 10.8. The van der Waals surface area contributed by atoms with E-state index in [2.05, 4.69) is 4.84 Å². The van der Waals surface area contributed by atoms with Gasteiger partial charge >= 0.3 is 6.18 Å². The third-order valence-corrected chi connectivity index (χ3v) is 2.69. The number of nitrogens with two attached hydrogens (primary N) is 1. The van der Waals surface area contributed by atoms with Crippen molar-refractivity contribution in [2.75, 3.05) is 0 Å². The average molecular weight is 288 g/mol. The number of rotatable bonds is 4. The van der Waals surface area contributed by atoms with Crippen molar-refractivity contribution in [2.45, 2.75) is 25.6 Å². The molecule has 0 fully saturated rings. The van der Waals surface area contributed by atoms with E-state index >= 15 is 0 Å². The molecule has 0 aliphatic heterocycles. The first-order valence-corrected chi connectivity index (χ1v) is 5.56. The first kappa shape index (κ1) is 16.2. The number of carboxylic acid groups (broad SMARTS) is 1. The van der Waals surface area contributed by atoms with E-state index in [1.54, 1.807) is 0 Å². The molecule has 0 amide bonds. The zero-order chi connectivity index (χ0) is 15.6. The summed E-state index contributed by atoms with van der Waals surface area (Å²) in [6, 6.07) is 4.23. The van der Waals surface area contributed by atoms with Crippen LogP contribution in [0.15, 0.2) is 29.8 Å². The Morgan fingerprint density at radius 1 is 1.35 bits per heavy atom. The van der Waals surface area contributed by atoms with Gasteiger partial charge < -0.3 is 9.90 Å². The van der Waals surface area contributed by atoms with Gasteiger partial charge in [-0.1, -0.05) is 12.1 Å². The molecule has 0 radical (unpaired) electrons. The van der Waals surface area contributed by atoms with Crippen molar-refractivity contribution in [3.63, 3.8) is 0 Å². The number of hydrogen-bond donors (Lipinski definition) is 1. The standard InChI is InChI=1S/C13H14F3NO3/c1-12(2,20-17)10(11(18)19)7-8-4-3-5-9(6-8)13(14,15)16/h3-7H,17H2,1-2H3,(H,18,19)/p-1. The Bertz CT molecular complexity index is 536. The maximum Gasteiger partial charge on any atom is 0.416 e. The Morgan fingerprint density at radius 3 is 2.40 bits per heavy atom. The molecule has 2 N–H and O–H groups in total. The summed E-state index contributed by atoms with van der Waals surface area (Å²) in [6.07, 6.45) is -3.47. The van der Waals surface area contributed by atoms with Crippen LogP contribution >= 0.6 is 0 Å². The van der Waals surface area contributed by atoms with Crippen LogP contribution in [0.3, 0.4) is 0 Å². The van der Waals surface area contributed by atoms with Gasteiger partial charge in [0, 0.05) is 5.57 Å². The van der Waals surface area contributed by atoms with Crippen molar-refractivity contribution in [1.82, 2.24) is 0 Å². The fourth-order valence-corrected chi connectivity index (χ4v) is 1.51. The van der Waals surface area contributed by atoms with Crippen molar-refractivity contribution in [3.8, 4) is 0 Å². The number of carbonyl (C=O) groups is 1. The predicted octanol–water partition coefficient (Wildman–Crippen LogP) is 1.51. The van der Waals surface area contributed by atoms with E-state index in [1.807, 2.05) is 0 Å². The van der Waals surface area contributed by atoms with Gasteiger partial charge in [0.25, 0.3) is 0 Å². The molecule has 0 heterocycles. The van der Waals surface area contributed by atoms with Crippen LogP contribution in [-0.2, 0) is 15.8 Å². The topological polar surface area (TPSA) is 75.4 Å². The molecule has 0 unspecified atom stereocenters. The van der Waals surface area contributed by atoms with Crippen molar-refractivity contribution in [1.29, 1.82) is 0 Å². The second-order valence-electron chi connectivity index (χ2n) is 4.60. The van der Waals surface area contributed by atoms with Crippen LogP contribution in [0.1, 0.15) is 25.0 Å². The molecule has 4 nitrogen and oxygen atoms in total. The fraction of sp³-hybridized carbons (Fsp3) is 0.308. The third-order valence-electron chi connectivity index (χ3n) is 2.69. The summed E-state index contributed by atoms with van der Waals surface area (Å²) in [7, 11) is 0. The van der Waals surface area contributed by atoms with Crippen LogP contribution in [0, 0.1) is 0 Å². The highest BCUT2D eigenvalue weighted by atomic mass is 19.4. The summed E-state index contributed by atoms with van der Waals surface area (Å²) in [5, 5.41) is 11.1. The Balaban J connectivity index is 3.29. The number of carbonyl (C=O) groups excluding carboxylic acids is 1. The molecule has 1 aromatic carbocycles. The second-order valence-corrected chi connectivity index (χ2v) is 4.60. The average Bonchev–Trinajstić information content (AvgIpc) is 2.34. The van der Waals surface area contributed by atoms with E-state index in [0.717, 1.165) is 18.2 Å². The smallest absolute Gasteiger partial charge is 0.416 e. The highest BCUT2D eigenvalue weighted by molar-refractivity contribution is 5.92. The van der Waals surface area contributed by atoms with Crippen LogP contribution < -0.4 is 11.0 Å². The lowest BCUT2D eigenvalue weighted by atomic mass is 9.95. The molecule has 0 aliphatic rings. The predicted molar refractivity (Wildman–Crippen MR) is 63.8 cm³/mol. The molecule has 0 saturated heterocycles. The second kappa shape index (κ2) is 5.64. The molecule has 1 rings (SSSR count). The molecule has 110 valence electrons. The van der Waals surface area contributed by atoms with Crippen molar-refractivity contribution in [3.05, 3.63) is 41.0 Å². The van der Waals surface area contributed by atoms with Crippen molar-refractivity contribution in [2.24, 2.45) is 5.90 Å². The summed E-state index contributed by atoms with van der Waals surface area (Å²) < 4.78 is 37.7. The van der Waals surface area contributed by atoms with Crippen molar-refractivity contribution >= 4 is 12.0 Å². The maximum absolute atomic E-state index is 12.6. The maximum atomic E-state index is 12.6. The quantitative estimate of drug-likeness (QED) is 0.673. The zero-order valence-electron chi connectivity index (χ0n) is 10.8. The minimum Gasteiger partial charge on any atom is -0.545 e. The minimum absolute atomic E-state index is 0.0594. The lowest BCUT2D eigenvalue weighted by molar-refractivity contribution is -0.301. The van der Waals surface area contributed by atoms with Crippen LogP contribution in [-0.4, -0.2) is 11.6 Å². The Kier molecular flexibility index (Phi) is 4.57. The molecular formula is C13H13F3NO3-. The number of alkyl halides is 3. The third kappa shape index (κ3) is 3.82. The van der Waals surface area contributed by atoms with Gasteiger partial charge in [0.1, 0.15) is 5.60 Å². The molecule has 0 bridgehead atoms. The molecule has 0 atom stereocenters. The highest BCUT2D eigenvalue weighted by Gasteiger charge is 2.30. The van der Waals surface area contributed by atoms with Crippen LogP contribution in [0.25, 0.3) is 6.08 Å². The molecule has 1 aromatic rings. The Labute approximate surface area is 113 Å². The molecule has 0 aliphatic carbocycles. The number of benzene rings is 1. The van der Waals surface area contributed by atoms with Gasteiger partial charge in [-0.3, -0.25) is 4.84 Å². The minimum atomic E-state index is -4.51. The number of aliphatic carboxylic acids is 1. The SMILES string of the molecule is CC(C)(ON)C(=Cc1cccc(C(F)(F)F)c1)C(=O)[O-]. The Morgan fingerprint density at radius 2 is 1.95 bits per heavy atom. The first-order chi connectivity index (χ1) is 9.08. The van der Waals surface area contributed by atoms with Gasteiger partial charge in [-0.05, 0) is 37.6 Å². The Hall–Kier alpha value is -1.86. The lowest BCUT2D eigenvalue weighted by Crippen LogP contribution is -2.40. The van der Waals surface area contributed by atoms with Gasteiger partial charge in [0.05, 0.1) is 11.5 Å². The normalized spacial score (nSPS) is 13.4. The van der Waals surface area contributed by atoms with E-state index in [9.17, 15) is 23.1 Å². The monoisotopic (exact) mass is 288 g/mol. The van der Waals surface area contributed by atoms with E-state index in [0.29, 0.717) is 0 Å². The van der Waals surface area contributed by atoms with Gasteiger partial charge in [0.15, 0.2) is 0 Å². The number of halogens is 3. The molecular weight excluding hydrogens is 275 g/mol. The van der Waals surface area contributed by atoms with E-state index in [1.165, 1.54) is 26.0 Å². The van der Waals surface area contributed by atoms with Crippen LogP contribution in [0.4, 0.5) is 13.2 Å². The molecule has 0 spiro atoms. The molecule has 7 heteroatoms. The highest BCUT2D eigenvalue weighted by Crippen LogP contribution is 2.30. The summed E-state index contributed by atoms with van der Waals surface area (Å²) >= 11 is 0. The van der Waals surface area contributed by atoms with Crippen LogP contribution in [0.5, 0.6) is 0 Å². The first-order valence-electron chi connectivity index (χ1n) is 5.56. The van der Waals surface area contributed by atoms with Crippen LogP contribution in [0.2, 0.25) is 0 Å². The fourth-order valence-electron chi connectivity index (χ4n) is 1.51. The van der Waals surface area contributed by atoms with Crippen molar-refractivity contribution < 1.29 is 27.9 Å². The number of hydrogen-bond acceptors (Lipinski definition) is 4. The summed E-state index contributed by atoms with van der Waals surface area (Å²) in [6.45, 7) is 2.73. The lowest BCUT2D eigenvalue weighted by Gasteiger charge is -2.26. The summed E-state index contributed by atoms with van der Waals surface area (Å²) in [5.41, 5.74) is -2.58. The summed E-state index contributed by atoms with van der Waals surface area (Å²) in [5.74, 6) is 3.41. The van der Waals surface area contributed by atoms with Gasteiger partial charge in [-0.15, -0.1) is 0 Å². The number of carboxylic acids is 1. The molecule has 0 aromatic heterocycles. The van der Waals surface area contributed by atoms with Gasteiger partial charge in [-0.2, -0.15) is 13.2 Å². The van der Waals surface area contributed by atoms with Gasteiger partial charge in [-0.25, -0.2) is 5.90 Å². The van der Waals surface area contributed by atoms with E-state index in [4.69, 9.17) is 5.90 Å². The molecule has 0 saturated carbocycles.